The third kappa shape index (κ3) is 2.29. The summed E-state index contributed by atoms with van der Waals surface area (Å²) in [5, 5.41) is 11.6. The highest BCUT2D eigenvalue weighted by Gasteiger charge is 2.42. The van der Waals surface area contributed by atoms with Gasteiger partial charge in [0.15, 0.2) is 11.6 Å². The number of nitrogens with one attached hydrogen (secondary N) is 1. The van der Waals surface area contributed by atoms with Crippen LogP contribution in [0.4, 0.5) is 14.5 Å². The number of carbonyl (C=O) groups is 1. The van der Waals surface area contributed by atoms with Gasteiger partial charge in [-0.25, -0.2) is 8.78 Å². The molecule has 1 aromatic rings. The minimum atomic E-state index is -0.907. The summed E-state index contributed by atoms with van der Waals surface area (Å²) in [5.41, 5.74) is 0.468. The molecule has 1 aliphatic carbocycles. The molecule has 0 spiro atoms. The van der Waals surface area contributed by atoms with Crippen LogP contribution in [-0.4, -0.2) is 17.6 Å². The van der Waals surface area contributed by atoms with Gasteiger partial charge in [-0.3, -0.25) is 4.79 Å². The lowest BCUT2D eigenvalue weighted by atomic mass is 10.2. The Morgan fingerprint density at radius 1 is 1.44 bits per heavy atom. The predicted molar refractivity (Wildman–Crippen MR) is 54.1 cm³/mol. The van der Waals surface area contributed by atoms with E-state index in [2.05, 4.69) is 5.32 Å². The summed E-state index contributed by atoms with van der Waals surface area (Å²) in [6.07, 6.45) is 0.645. The van der Waals surface area contributed by atoms with Gasteiger partial charge in [-0.15, -0.1) is 0 Å². The Balaban J connectivity index is 1.87. The summed E-state index contributed by atoms with van der Waals surface area (Å²) in [7, 11) is 0. The highest BCUT2D eigenvalue weighted by molar-refractivity contribution is 5.73. The zero-order valence-electron chi connectivity index (χ0n) is 8.41. The summed E-state index contributed by atoms with van der Waals surface area (Å²) in [6, 6.07) is 3.53. The largest absolute Gasteiger partial charge is 0.481 e. The number of rotatable bonds is 4. The van der Waals surface area contributed by atoms with Crippen molar-refractivity contribution in [1.29, 1.82) is 0 Å². The zero-order chi connectivity index (χ0) is 11.7. The smallest absolute Gasteiger partial charge is 0.306 e. The van der Waals surface area contributed by atoms with Gasteiger partial charge < -0.3 is 10.4 Å². The molecule has 3 nitrogen and oxygen atoms in total. The molecule has 1 saturated carbocycles. The Bertz CT molecular complexity index is 422. The van der Waals surface area contributed by atoms with Crippen molar-refractivity contribution >= 4 is 11.7 Å². The van der Waals surface area contributed by atoms with Gasteiger partial charge in [-0.05, 0) is 30.5 Å². The minimum Gasteiger partial charge on any atom is -0.481 e. The van der Waals surface area contributed by atoms with Crippen molar-refractivity contribution in [2.45, 2.75) is 6.42 Å². The Kier molecular flexibility index (Phi) is 2.77. The van der Waals surface area contributed by atoms with Crippen LogP contribution in [0.15, 0.2) is 18.2 Å². The van der Waals surface area contributed by atoms with Crippen molar-refractivity contribution in [2.24, 2.45) is 11.8 Å². The molecule has 2 N–H and O–H groups in total. The van der Waals surface area contributed by atoms with Gasteiger partial charge in [-0.2, -0.15) is 0 Å². The molecule has 2 atom stereocenters. The first-order valence-corrected chi connectivity index (χ1v) is 4.99. The van der Waals surface area contributed by atoms with E-state index in [0.29, 0.717) is 18.7 Å². The second kappa shape index (κ2) is 4.08. The maximum atomic E-state index is 12.8. The maximum Gasteiger partial charge on any atom is 0.306 e. The van der Waals surface area contributed by atoms with E-state index in [0.717, 1.165) is 12.1 Å². The average molecular weight is 227 g/mol. The molecule has 0 saturated heterocycles. The molecule has 16 heavy (non-hydrogen) atoms. The summed E-state index contributed by atoms with van der Waals surface area (Å²) in [5.74, 6) is -2.79. The molecule has 5 heteroatoms. The van der Waals surface area contributed by atoms with Crippen LogP contribution >= 0.6 is 0 Å². The first-order valence-electron chi connectivity index (χ1n) is 4.99. The quantitative estimate of drug-likeness (QED) is 0.828. The molecule has 2 unspecified atom stereocenters. The molecule has 0 aromatic heterocycles. The van der Waals surface area contributed by atoms with Crippen LogP contribution < -0.4 is 5.32 Å². The van der Waals surface area contributed by atoms with Crippen LogP contribution in [0.1, 0.15) is 6.42 Å². The fourth-order valence-electron chi connectivity index (χ4n) is 1.63. The number of anilines is 1. The number of carboxylic acid groups (broad SMARTS) is 1. The number of benzene rings is 1. The molecule has 0 aliphatic heterocycles. The third-order valence-electron chi connectivity index (χ3n) is 2.73. The van der Waals surface area contributed by atoms with Crippen LogP contribution in [0.2, 0.25) is 0 Å². The van der Waals surface area contributed by atoms with Gasteiger partial charge in [0, 0.05) is 12.2 Å². The van der Waals surface area contributed by atoms with E-state index >= 15 is 0 Å². The van der Waals surface area contributed by atoms with E-state index in [4.69, 9.17) is 5.11 Å². The molecule has 0 heterocycles. The van der Waals surface area contributed by atoms with E-state index in [-0.39, 0.29) is 11.8 Å². The van der Waals surface area contributed by atoms with Crippen molar-refractivity contribution in [3.63, 3.8) is 0 Å². The van der Waals surface area contributed by atoms with Crippen LogP contribution in [0.25, 0.3) is 0 Å². The lowest BCUT2D eigenvalue weighted by Crippen LogP contribution is -2.08. The Morgan fingerprint density at radius 3 is 2.75 bits per heavy atom. The molecule has 1 aromatic carbocycles. The molecule has 1 fully saturated rings. The number of halogens is 2. The van der Waals surface area contributed by atoms with E-state index < -0.39 is 17.6 Å². The summed E-state index contributed by atoms with van der Waals surface area (Å²) >= 11 is 0. The lowest BCUT2D eigenvalue weighted by molar-refractivity contribution is -0.138. The van der Waals surface area contributed by atoms with Gasteiger partial charge in [-0.1, -0.05) is 0 Å². The Hall–Kier alpha value is -1.65. The minimum absolute atomic E-state index is 0.0885. The fraction of sp³-hybridized carbons (Fsp3) is 0.364. The van der Waals surface area contributed by atoms with Crippen molar-refractivity contribution in [1.82, 2.24) is 0 Å². The number of carboxylic acids is 1. The Labute approximate surface area is 91.1 Å². The van der Waals surface area contributed by atoms with Gasteiger partial charge in [0.05, 0.1) is 5.92 Å². The monoisotopic (exact) mass is 227 g/mol. The molecular weight excluding hydrogens is 216 g/mol. The van der Waals surface area contributed by atoms with Gasteiger partial charge in [0.1, 0.15) is 0 Å². The fourth-order valence-corrected chi connectivity index (χ4v) is 1.63. The average Bonchev–Trinajstić information content (AvgIpc) is 2.99. The van der Waals surface area contributed by atoms with E-state index in [1.165, 1.54) is 6.07 Å². The summed E-state index contributed by atoms with van der Waals surface area (Å²) < 4.78 is 25.4. The number of hydrogen-bond acceptors (Lipinski definition) is 2. The van der Waals surface area contributed by atoms with Gasteiger partial charge >= 0.3 is 5.97 Å². The molecule has 1 aliphatic rings. The van der Waals surface area contributed by atoms with Crippen molar-refractivity contribution < 1.29 is 18.7 Å². The summed E-state index contributed by atoms with van der Waals surface area (Å²) in [6.45, 7) is 0.474. The molecule has 2 rings (SSSR count). The molecule has 0 amide bonds. The number of aliphatic carboxylic acids is 1. The maximum absolute atomic E-state index is 12.8. The normalized spacial score (nSPS) is 22.9. The van der Waals surface area contributed by atoms with Crippen LogP contribution in [0, 0.1) is 23.5 Å². The molecule has 0 bridgehead atoms. The van der Waals surface area contributed by atoms with Crippen LogP contribution in [0.3, 0.4) is 0 Å². The van der Waals surface area contributed by atoms with Crippen molar-refractivity contribution in [3.8, 4) is 0 Å². The lowest BCUT2D eigenvalue weighted by Gasteiger charge is -2.05. The van der Waals surface area contributed by atoms with E-state index in [9.17, 15) is 13.6 Å². The van der Waals surface area contributed by atoms with Crippen molar-refractivity contribution in [2.75, 3.05) is 11.9 Å². The standard InChI is InChI=1S/C11H11F2NO2/c12-9-2-1-7(4-10(9)13)14-5-6-3-8(6)11(15)16/h1-2,4,6,8,14H,3,5H2,(H,15,16). The topological polar surface area (TPSA) is 49.3 Å². The highest BCUT2D eigenvalue weighted by Crippen LogP contribution is 2.38. The van der Waals surface area contributed by atoms with Gasteiger partial charge in [0.2, 0.25) is 0 Å². The molecule has 86 valence electrons. The second-order valence-corrected chi connectivity index (χ2v) is 3.95. The molecular formula is C11H11F2NO2. The predicted octanol–water partition coefficient (Wildman–Crippen LogP) is 2.10. The highest BCUT2D eigenvalue weighted by atomic mass is 19.2. The molecule has 0 radical (unpaired) electrons. The van der Waals surface area contributed by atoms with Crippen LogP contribution in [0.5, 0.6) is 0 Å². The third-order valence-corrected chi connectivity index (χ3v) is 2.73. The summed E-state index contributed by atoms with van der Waals surface area (Å²) in [4.78, 5) is 10.5. The SMILES string of the molecule is O=C(O)C1CC1CNc1ccc(F)c(F)c1. The van der Waals surface area contributed by atoms with Crippen LogP contribution in [-0.2, 0) is 4.79 Å². The van der Waals surface area contributed by atoms with Crippen molar-refractivity contribution in [3.05, 3.63) is 29.8 Å². The first kappa shape index (κ1) is 10.9. The van der Waals surface area contributed by atoms with E-state index in [1.807, 2.05) is 0 Å². The van der Waals surface area contributed by atoms with E-state index in [1.54, 1.807) is 0 Å². The zero-order valence-corrected chi connectivity index (χ0v) is 8.41. The number of hydrogen-bond donors (Lipinski definition) is 2. The Morgan fingerprint density at radius 2 is 2.19 bits per heavy atom. The van der Waals surface area contributed by atoms with Gasteiger partial charge in [0.25, 0.3) is 0 Å². The second-order valence-electron chi connectivity index (χ2n) is 3.95. The first-order chi connectivity index (χ1) is 7.58.